The van der Waals surface area contributed by atoms with Gasteiger partial charge >= 0.3 is 13.6 Å². The average molecular weight is 276 g/mol. The number of hydrogen-bond acceptors (Lipinski definition) is 6. The van der Waals surface area contributed by atoms with Crippen molar-refractivity contribution in [3.05, 3.63) is 27.9 Å². The van der Waals surface area contributed by atoms with Crippen molar-refractivity contribution in [3.63, 3.8) is 0 Å². The molecular weight excluding hydrogens is 263 g/mol. The lowest BCUT2D eigenvalue weighted by Gasteiger charge is -2.15. The molecular formula is C10H13O5PS. The molecule has 7 heteroatoms. The fourth-order valence-electron chi connectivity index (χ4n) is 1.06. The van der Waals surface area contributed by atoms with Crippen LogP contribution in [0.25, 0.3) is 6.08 Å². The normalized spacial score (nSPS) is 12.5. The van der Waals surface area contributed by atoms with Gasteiger partial charge in [-0.25, -0.2) is 0 Å². The molecule has 0 saturated heterocycles. The molecule has 1 aromatic rings. The number of ether oxygens (including phenoxy) is 1. The van der Waals surface area contributed by atoms with Crippen LogP contribution in [0.4, 0.5) is 0 Å². The molecule has 0 bridgehead atoms. The highest BCUT2D eigenvalue weighted by Crippen LogP contribution is 2.55. The van der Waals surface area contributed by atoms with E-state index in [1.54, 1.807) is 6.07 Å². The van der Waals surface area contributed by atoms with E-state index in [9.17, 15) is 9.36 Å². The van der Waals surface area contributed by atoms with E-state index in [2.05, 4.69) is 0 Å². The van der Waals surface area contributed by atoms with Gasteiger partial charge in [0.2, 0.25) is 5.50 Å². The van der Waals surface area contributed by atoms with Crippen LogP contribution < -0.4 is 0 Å². The summed E-state index contributed by atoms with van der Waals surface area (Å²) in [5.41, 5.74) is -0.113. The van der Waals surface area contributed by atoms with Crippen LogP contribution in [0.15, 0.2) is 23.0 Å². The van der Waals surface area contributed by atoms with Crippen LogP contribution in [0, 0.1) is 0 Å². The quantitative estimate of drug-likeness (QED) is 0.470. The molecule has 1 heterocycles. The average Bonchev–Trinajstić information content (AvgIpc) is 2.79. The molecule has 5 nitrogen and oxygen atoms in total. The van der Waals surface area contributed by atoms with Crippen molar-refractivity contribution in [1.82, 2.24) is 0 Å². The Morgan fingerprint density at radius 1 is 1.41 bits per heavy atom. The number of thiophene rings is 1. The fourth-order valence-corrected chi connectivity index (χ4v) is 2.84. The molecule has 0 aliphatic rings. The highest BCUT2D eigenvalue weighted by Gasteiger charge is 2.31. The van der Waals surface area contributed by atoms with Crippen LogP contribution in [0.2, 0.25) is 0 Å². The Morgan fingerprint density at radius 3 is 2.47 bits per heavy atom. The van der Waals surface area contributed by atoms with Crippen molar-refractivity contribution in [1.29, 1.82) is 0 Å². The Labute approximate surface area is 104 Å². The maximum Gasteiger partial charge on any atom is 0.395 e. The van der Waals surface area contributed by atoms with Gasteiger partial charge in [-0.2, -0.15) is 0 Å². The number of hydrogen-bond donors (Lipinski definition) is 0. The van der Waals surface area contributed by atoms with Gasteiger partial charge < -0.3 is 13.8 Å². The Kier molecular flexibility index (Phi) is 5.08. The van der Waals surface area contributed by atoms with Gasteiger partial charge in [-0.15, -0.1) is 11.3 Å². The van der Waals surface area contributed by atoms with Crippen molar-refractivity contribution in [2.45, 2.75) is 6.92 Å². The van der Waals surface area contributed by atoms with E-state index in [-0.39, 0.29) is 5.50 Å². The molecule has 0 aromatic carbocycles. The summed E-state index contributed by atoms with van der Waals surface area (Å²) in [6, 6.07) is 3.62. The zero-order valence-electron chi connectivity index (χ0n) is 9.71. The topological polar surface area (TPSA) is 61.8 Å². The van der Waals surface area contributed by atoms with E-state index in [0.29, 0.717) is 0 Å². The van der Waals surface area contributed by atoms with Crippen LogP contribution in [0.5, 0.6) is 0 Å². The molecule has 1 rings (SSSR count). The first kappa shape index (κ1) is 14.1. The van der Waals surface area contributed by atoms with Crippen LogP contribution in [0.3, 0.4) is 0 Å². The third-order valence-electron chi connectivity index (χ3n) is 1.81. The summed E-state index contributed by atoms with van der Waals surface area (Å²) in [7, 11) is -1.10. The van der Waals surface area contributed by atoms with Crippen molar-refractivity contribution in [2.75, 3.05) is 14.2 Å². The van der Waals surface area contributed by atoms with E-state index in [1.165, 1.54) is 38.6 Å². The van der Waals surface area contributed by atoms with E-state index in [0.717, 1.165) is 4.88 Å². The molecule has 0 unspecified atom stereocenters. The number of carbonyl (C=O) groups excluding carboxylic acids is 1. The minimum Gasteiger partial charge on any atom is -0.418 e. The molecule has 0 atom stereocenters. The Bertz CT molecular complexity index is 443. The maximum absolute atomic E-state index is 12.1. The second kappa shape index (κ2) is 6.12. The summed E-state index contributed by atoms with van der Waals surface area (Å²) in [6.07, 6.45) is 1.47. The molecule has 17 heavy (non-hydrogen) atoms. The van der Waals surface area contributed by atoms with Crippen LogP contribution in [-0.4, -0.2) is 20.2 Å². The van der Waals surface area contributed by atoms with Gasteiger partial charge in [-0.05, 0) is 11.4 Å². The summed E-state index contributed by atoms with van der Waals surface area (Å²) in [6.45, 7) is 1.22. The summed E-state index contributed by atoms with van der Waals surface area (Å²) >= 11 is 1.42. The van der Waals surface area contributed by atoms with E-state index >= 15 is 0 Å². The minimum absolute atomic E-state index is 0.113. The van der Waals surface area contributed by atoms with Crippen molar-refractivity contribution in [3.8, 4) is 0 Å². The molecule has 0 spiro atoms. The molecule has 1 aromatic heterocycles. The number of carbonyl (C=O) groups is 1. The highest BCUT2D eigenvalue weighted by atomic mass is 32.1. The molecule has 94 valence electrons. The molecule has 0 saturated carbocycles. The predicted molar refractivity (Wildman–Crippen MR) is 65.7 cm³/mol. The predicted octanol–water partition coefficient (Wildman–Crippen LogP) is 3.10. The Morgan fingerprint density at radius 2 is 2.06 bits per heavy atom. The minimum atomic E-state index is -3.56. The second-order valence-electron chi connectivity index (χ2n) is 2.95. The smallest absolute Gasteiger partial charge is 0.395 e. The molecule has 0 fully saturated rings. The van der Waals surface area contributed by atoms with E-state index in [1.807, 2.05) is 11.4 Å². The second-order valence-corrected chi connectivity index (χ2v) is 6.10. The van der Waals surface area contributed by atoms with Crippen LogP contribution in [0.1, 0.15) is 11.8 Å². The number of esters is 1. The van der Waals surface area contributed by atoms with Gasteiger partial charge in [0, 0.05) is 32.1 Å². The van der Waals surface area contributed by atoms with Crippen LogP contribution >= 0.6 is 18.9 Å². The van der Waals surface area contributed by atoms with E-state index in [4.69, 9.17) is 13.8 Å². The first-order chi connectivity index (χ1) is 8.01. The summed E-state index contributed by atoms with van der Waals surface area (Å²) < 4.78 is 26.6. The first-order valence-corrected chi connectivity index (χ1v) is 7.10. The monoisotopic (exact) mass is 276 g/mol. The largest absolute Gasteiger partial charge is 0.418 e. The highest BCUT2D eigenvalue weighted by molar-refractivity contribution is 7.58. The number of rotatable bonds is 5. The SMILES string of the molecule is COP(=O)(OC)/C(=C/c1cccs1)OC(C)=O. The fraction of sp³-hybridized carbons (Fsp3) is 0.300. The summed E-state index contributed by atoms with van der Waals surface area (Å²) in [4.78, 5) is 11.8. The van der Waals surface area contributed by atoms with Crippen LogP contribution in [-0.2, 0) is 23.1 Å². The third-order valence-corrected chi connectivity index (χ3v) is 4.35. The third kappa shape index (κ3) is 3.78. The first-order valence-electron chi connectivity index (χ1n) is 4.67. The van der Waals surface area contributed by atoms with Gasteiger partial charge in [0.1, 0.15) is 0 Å². The van der Waals surface area contributed by atoms with E-state index < -0.39 is 13.6 Å². The van der Waals surface area contributed by atoms with Gasteiger partial charge in [0.05, 0.1) is 0 Å². The molecule has 0 aliphatic heterocycles. The lowest BCUT2D eigenvalue weighted by atomic mass is 10.5. The Balaban J connectivity index is 3.12. The van der Waals surface area contributed by atoms with Gasteiger partial charge in [0.15, 0.2) is 0 Å². The van der Waals surface area contributed by atoms with Gasteiger partial charge in [-0.1, -0.05) is 6.07 Å². The summed E-state index contributed by atoms with van der Waals surface area (Å²) in [5.74, 6) is -0.581. The molecule has 0 aliphatic carbocycles. The molecule has 0 radical (unpaired) electrons. The zero-order valence-corrected chi connectivity index (χ0v) is 11.4. The molecule has 0 amide bonds. The van der Waals surface area contributed by atoms with Gasteiger partial charge in [-0.3, -0.25) is 9.36 Å². The molecule has 0 N–H and O–H groups in total. The lowest BCUT2D eigenvalue weighted by Crippen LogP contribution is -2.02. The Hall–Kier alpha value is -0.940. The summed E-state index contributed by atoms with van der Waals surface area (Å²) in [5, 5.41) is 1.85. The maximum atomic E-state index is 12.1. The van der Waals surface area contributed by atoms with Crippen molar-refractivity contribution in [2.24, 2.45) is 0 Å². The standard InChI is InChI=1S/C10H13O5PS/c1-8(11)15-10(16(12,13-2)14-3)7-9-5-4-6-17-9/h4-7H,1-3H3/b10-7+. The van der Waals surface area contributed by atoms with Gasteiger partial charge in [0.25, 0.3) is 0 Å². The zero-order chi connectivity index (χ0) is 12.9. The van der Waals surface area contributed by atoms with Crippen molar-refractivity contribution < 1.29 is 23.1 Å². The van der Waals surface area contributed by atoms with Crippen molar-refractivity contribution >= 4 is 31.0 Å². The lowest BCUT2D eigenvalue weighted by molar-refractivity contribution is -0.136.